The largest absolute Gasteiger partial charge is 0.411 e. The molecule has 0 aliphatic carbocycles. The second-order valence-corrected chi connectivity index (χ2v) is 7.59. The monoisotopic (exact) mass is 404 g/mol. The standard InChI is InChI=1S/C20H16N6O2S/c1-12-8-9-15-14(10-12)18(27)25(2)19-23-21-16(26(15)19)11-29-20-24-22-17(28-20)13-6-4-3-5-7-13/h3-10H,11H2,1-2H3. The molecule has 0 spiro atoms. The lowest BCUT2D eigenvalue weighted by Crippen LogP contribution is -2.20. The van der Waals surface area contributed by atoms with E-state index in [1.54, 1.807) is 7.05 Å². The summed E-state index contributed by atoms with van der Waals surface area (Å²) in [7, 11) is 1.70. The number of hydrogen-bond acceptors (Lipinski definition) is 7. The zero-order chi connectivity index (χ0) is 20.0. The van der Waals surface area contributed by atoms with Gasteiger partial charge in [-0.15, -0.1) is 20.4 Å². The van der Waals surface area contributed by atoms with Crippen molar-refractivity contribution >= 4 is 28.4 Å². The number of thioether (sulfide) groups is 1. The maximum Gasteiger partial charge on any atom is 0.277 e. The van der Waals surface area contributed by atoms with Crippen molar-refractivity contribution < 1.29 is 4.42 Å². The van der Waals surface area contributed by atoms with Crippen molar-refractivity contribution in [2.24, 2.45) is 7.05 Å². The minimum atomic E-state index is -0.0905. The van der Waals surface area contributed by atoms with Gasteiger partial charge in [-0.1, -0.05) is 41.6 Å². The molecule has 0 aliphatic rings. The van der Waals surface area contributed by atoms with Crippen LogP contribution in [0.2, 0.25) is 0 Å². The highest BCUT2D eigenvalue weighted by Gasteiger charge is 2.16. The molecule has 5 rings (SSSR count). The number of nitrogens with zero attached hydrogens (tertiary/aromatic N) is 6. The Hall–Kier alpha value is -3.46. The maximum atomic E-state index is 12.7. The lowest BCUT2D eigenvalue weighted by atomic mass is 10.1. The van der Waals surface area contributed by atoms with E-state index < -0.39 is 0 Å². The molecule has 144 valence electrons. The van der Waals surface area contributed by atoms with Gasteiger partial charge in [-0.2, -0.15) is 0 Å². The van der Waals surface area contributed by atoms with E-state index in [9.17, 15) is 4.79 Å². The van der Waals surface area contributed by atoms with E-state index in [0.29, 0.717) is 33.9 Å². The first-order valence-corrected chi connectivity index (χ1v) is 9.95. The highest BCUT2D eigenvalue weighted by Crippen LogP contribution is 2.26. The average molecular weight is 404 g/mol. The summed E-state index contributed by atoms with van der Waals surface area (Å²) in [6.45, 7) is 1.96. The summed E-state index contributed by atoms with van der Waals surface area (Å²) in [6.07, 6.45) is 0. The summed E-state index contributed by atoms with van der Waals surface area (Å²) in [5.41, 5.74) is 2.59. The van der Waals surface area contributed by atoms with Crippen LogP contribution in [0.3, 0.4) is 0 Å². The molecule has 0 aliphatic heterocycles. The van der Waals surface area contributed by atoms with E-state index in [0.717, 1.165) is 16.6 Å². The van der Waals surface area contributed by atoms with Gasteiger partial charge in [0.05, 0.1) is 16.7 Å². The van der Waals surface area contributed by atoms with E-state index >= 15 is 0 Å². The molecule has 5 aromatic rings. The molecule has 9 heteroatoms. The Bertz CT molecular complexity index is 1400. The average Bonchev–Trinajstić information content (AvgIpc) is 3.38. The predicted molar refractivity (Wildman–Crippen MR) is 110 cm³/mol. The third-order valence-corrected chi connectivity index (χ3v) is 5.51. The van der Waals surface area contributed by atoms with Gasteiger partial charge in [0.2, 0.25) is 11.7 Å². The van der Waals surface area contributed by atoms with Crippen molar-refractivity contribution in [2.45, 2.75) is 17.9 Å². The summed E-state index contributed by atoms with van der Waals surface area (Å²) in [5.74, 6) is 2.15. The highest BCUT2D eigenvalue weighted by atomic mass is 32.2. The number of benzene rings is 2. The van der Waals surface area contributed by atoms with Gasteiger partial charge in [-0.25, -0.2) is 0 Å². The first-order chi connectivity index (χ1) is 14.1. The molecule has 8 nitrogen and oxygen atoms in total. The quantitative estimate of drug-likeness (QED) is 0.425. The van der Waals surface area contributed by atoms with Gasteiger partial charge >= 0.3 is 0 Å². The number of rotatable bonds is 4. The second kappa shape index (κ2) is 6.85. The van der Waals surface area contributed by atoms with E-state index in [1.807, 2.05) is 59.9 Å². The molecule has 3 heterocycles. The third kappa shape index (κ3) is 2.99. The summed E-state index contributed by atoms with van der Waals surface area (Å²) < 4.78 is 9.17. The van der Waals surface area contributed by atoms with Gasteiger partial charge in [0.15, 0.2) is 0 Å². The Balaban J connectivity index is 1.51. The second-order valence-electron chi connectivity index (χ2n) is 6.66. The van der Waals surface area contributed by atoms with Gasteiger partial charge in [-0.3, -0.25) is 13.8 Å². The van der Waals surface area contributed by atoms with Crippen LogP contribution < -0.4 is 5.56 Å². The van der Waals surface area contributed by atoms with Crippen LogP contribution in [0.4, 0.5) is 0 Å². The normalized spacial score (nSPS) is 11.5. The molecule has 0 N–H and O–H groups in total. The van der Waals surface area contributed by atoms with Crippen molar-refractivity contribution in [3.8, 4) is 11.5 Å². The Labute approximate surface area is 169 Å². The topological polar surface area (TPSA) is 91.1 Å². The molecule has 2 aromatic carbocycles. The molecule has 0 atom stereocenters. The van der Waals surface area contributed by atoms with Crippen molar-refractivity contribution in [1.29, 1.82) is 0 Å². The summed E-state index contributed by atoms with van der Waals surface area (Å²) in [4.78, 5) is 12.7. The van der Waals surface area contributed by atoms with E-state index in [-0.39, 0.29) is 5.56 Å². The van der Waals surface area contributed by atoms with Gasteiger partial charge in [-0.05, 0) is 31.2 Å². The molecule has 3 aromatic heterocycles. The van der Waals surface area contributed by atoms with Crippen LogP contribution in [-0.4, -0.2) is 29.4 Å². The van der Waals surface area contributed by atoms with Crippen molar-refractivity contribution in [3.05, 3.63) is 70.3 Å². The van der Waals surface area contributed by atoms with Crippen molar-refractivity contribution in [2.75, 3.05) is 0 Å². The fraction of sp³-hybridized carbons (Fsp3) is 0.150. The van der Waals surface area contributed by atoms with Crippen LogP contribution in [0.5, 0.6) is 0 Å². The summed E-state index contributed by atoms with van der Waals surface area (Å²) in [5, 5.41) is 17.8. The Morgan fingerprint density at radius 3 is 2.69 bits per heavy atom. The van der Waals surface area contributed by atoms with Crippen molar-refractivity contribution in [1.82, 2.24) is 29.4 Å². The van der Waals surface area contributed by atoms with Crippen LogP contribution >= 0.6 is 11.8 Å². The van der Waals surface area contributed by atoms with Gasteiger partial charge in [0, 0.05) is 12.6 Å². The minimum absolute atomic E-state index is 0.0905. The van der Waals surface area contributed by atoms with Crippen molar-refractivity contribution in [3.63, 3.8) is 0 Å². The molecule has 0 amide bonds. The van der Waals surface area contributed by atoms with Crippen LogP contribution in [0.1, 0.15) is 11.4 Å². The highest BCUT2D eigenvalue weighted by molar-refractivity contribution is 7.98. The fourth-order valence-corrected chi connectivity index (χ4v) is 3.92. The van der Waals surface area contributed by atoms with E-state index in [2.05, 4.69) is 20.4 Å². The predicted octanol–water partition coefficient (Wildman–Crippen LogP) is 3.23. The fourth-order valence-electron chi connectivity index (χ4n) is 3.24. The lowest BCUT2D eigenvalue weighted by Gasteiger charge is -2.08. The first kappa shape index (κ1) is 17.6. The molecule has 0 fully saturated rings. The van der Waals surface area contributed by atoms with Crippen LogP contribution in [0.15, 0.2) is 63.0 Å². The SMILES string of the molecule is Cc1ccc2c(c1)c(=O)n(C)c1nnc(CSc3nnc(-c4ccccc4)o3)n21. The smallest absolute Gasteiger partial charge is 0.277 e. The lowest BCUT2D eigenvalue weighted by molar-refractivity contribution is 0.465. The number of hydrogen-bond donors (Lipinski definition) is 0. The number of fused-ring (bicyclic) bond motifs is 3. The molecule has 29 heavy (non-hydrogen) atoms. The molecule has 0 unspecified atom stereocenters. The van der Waals surface area contributed by atoms with Gasteiger partial charge in [0.25, 0.3) is 10.8 Å². The maximum absolute atomic E-state index is 12.7. The van der Waals surface area contributed by atoms with Gasteiger partial charge < -0.3 is 4.42 Å². The molecule has 0 saturated carbocycles. The Morgan fingerprint density at radius 2 is 1.86 bits per heavy atom. The third-order valence-electron chi connectivity index (χ3n) is 4.69. The van der Waals surface area contributed by atoms with Gasteiger partial charge in [0.1, 0.15) is 5.82 Å². The molecule has 0 saturated heterocycles. The van der Waals surface area contributed by atoms with E-state index in [4.69, 9.17) is 4.42 Å². The molecular weight excluding hydrogens is 388 g/mol. The Morgan fingerprint density at radius 1 is 1.03 bits per heavy atom. The summed E-state index contributed by atoms with van der Waals surface area (Å²) in [6, 6.07) is 15.4. The van der Waals surface area contributed by atoms with Crippen LogP contribution in [0.25, 0.3) is 28.1 Å². The Kier molecular flexibility index (Phi) is 4.17. The first-order valence-electron chi connectivity index (χ1n) is 8.97. The van der Waals surface area contributed by atoms with E-state index in [1.165, 1.54) is 16.3 Å². The minimum Gasteiger partial charge on any atom is -0.411 e. The molecular formula is C20H16N6O2S. The molecule has 0 bridgehead atoms. The van der Waals surface area contributed by atoms with Crippen LogP contribution in [-0.2, 0) is 12.8 Å². The zero-order valence-corrected chi connectivity index (χ0v) is 16.6. The molecule has 0 radical (unpaired) electrons. The zero-order valence-electron chi connectivity index (χ0n) is 15.7. The summed E-state index contributed by atoms with van der Waals surface area (Å²) >= 11 is 1.38. The van der Waals surface area contributed by atoms with Crippen LogP contribution in [0, 0.1) is 6.92 Å². The number of aryl methyl sites for hydroxylation is 2. The number of aromatic nitrogens is 6.